The van der Waals surface area contributed by atoms with Gasteiger partial charge in [-0.05, 0) is 0 Å². The Hall–Kier alpha value is -1.78. The number of nitrogen functional groups attached to an aromatic ring is 2. The van der Waals surface area contributed by atoms with Gasteiger partial charge in [0.15, 0.2) is 23.0 Å². The van der Waals surface area contributed by atoms with Gasteiger partial charge in [0.05, 0.1) is 21.4 Å². The standard InChI is InChI=1S/C12H8Cl2N2O2/c13-5-1-9-11(3-7(5)15)18-12-4-8(16)6(14)2-10(12)17-9/h1-4H,15-16H2. The van der Waals surface area contributed by atoms with Crippen LogP contribution in [0.1, 0.15) is 0 Å². The van der Waals surface area contributed by atoms with Crippen LogP contribution in [0.25, 0.3) is 0 Å². The van der Waals surface area contributed by atoms with Crippen molar-refractivity contribution in [1.29, 1.82) is 0 Å². The highest BCUT2D eigenvalue weighted by atomic mass is 35.5. The molecule has 0 aromatic heterocycles. The molecule has 0 bridgehead atoms. The summed E-state index contributed by atoms with van der Waals surface area (Å²) in [4.78, 5) is 0. The van der Waals surface area contributed by atoms with Crippen molar-refractivity contribution in [1.82, 2.24) is 0 Å². The van der Waals surface area contributed by atoms with E-state index in [9.17, 15) is 0 Å². The number of fused-ring (bicyclic) bond motifs is 2. The topological polar surface area (TPSA) is 70.5 Å². The Morgan fingerprint density at radius 2 is 1.00 bits per heavy atom. The van der Waals surface area contributed by atoms with Crippen LogP contribution in [0, 0.1) is 0 Å². The number of halogens is 2. The maximum Gasteiger partial charge on any atom is 0.172 e. The van der Waals surface area contributed by atoms with Crippen LogP contribution in [0.4, 0.5) is 11.4 Å². The average Bonchev–Trinajstić information content (AvgIpc) is 2.31. The van der Waals surface area contributed by atoms with Crippen LogP contribution in [0.2, 0.25) is 10.0 Å². The molecule has 0 atom stereocenters. The van der Waals surface area contributed by atoms with E-state index in [0.717, 1.165) is 0 Å². The molecule has 1 heterocycles. The molecule has 92 valence electrons. The zero-order chi connectivity index (χ0) is 12.9. The van der Waals surface area contributed by atoms with Gasteiger partial charge >= 0.3 is 0 Å². The van der Waals surface area contributed by atoms with E-state index in [1.807, 2.05) is 0 Å². The van der Waals surface area contributed by atoms with Gasteiger partial charge in [-0.15, -0.1) is 0 Å². The lowest BCUT2D eigenvalue weighted by Gasteiger charge is -2.21. The molecule has 0 amide bonds. The van der Waals surface area contributed by atoms with Crippen molar-refractivity contribution in [3.63, 3.8) is 0 Å². The molecule has 0 radical (unpaired) electrons. The third-order valence-electron chi connectivity index (χ3n) is 2.57. The zero-order valence-electron chi connectivity index (χ0n) is 9.04. The summed E-state index contributed by atoms with van der Waals surface area (Å²) in [5, 5.41) is 0.810. The fraction of sp³-hybridized carbons (Fsp3) is 0. The number of hydrogen-bond donors (Lipinski definition) is 2. The summed E-state index contributed by atoms with van der Waals surface area (Å²) in [5.41, 5.74) is 12.3. The molecular weight excluding hydrogens is 275 g/mol. The van der Waals surface area contributed by atoms with Gasteiger partial charge in [-0.25, -0.2) is 0 Å². The highest BCUT2D eigenvalue weighted by molar-refractivity contribution is 6.33. The summed E-state index contributed by atoms with van der Waals surface area (Å²) >= 11 is 11.8. The second kappa shape index (κ2) is 3.86. The van der Waals surface area contributed by atoms with Crippen molar-refractivity contribution >= 4 is 34.6 Å². The van der Waals surface area contributed by atoms with Crippen molar-refractivity contribution < 1.29 is 9.47 Å². The molecule has 0 spiro atoms. The van der Waals surface area contributed by atoms with Gasteiger partial charge in [-0.1, -0.05) is 23.2 Å². The number of benzene rings is 2. The van der Waals surface area contributed by atoms with Crippen molar-refractivity contribution in [2.75, 3.05) is 11.5 Å². The first-order valence-corrected chi connectivity index (χ1v) is 5.84. The lowest BCUT2D eigenvalue weighted by molar-refractivity contribution is 0.360. The number of anilines is 2. The van der Waals surface area contributed by atoms with Crippen molar-refractivity contribution in [2.24, 2.45) is 0 Å². The van der Waals surface area contributed by atoms with E-state index < -0.39 is 0 Å². The van der Waals surface area contributed by atoms with Gasteiger partial charge in [0, 0.05) is 24.3 Å². The van der Waals surface area contributed by atoms with Crippen LogP contribution in [0.15, 0.2) is 24.3 Å². The normalized spacial score (nSPS) is 12.1. The Kier molecular flexibility index (Phi) is 2.43. The fourth-order valence-electron chi connectivity index (χ4n) is 1.66. The maximum atomic E-state index is 5.92. The Morgan fingerprint density at radius 3 is 1.39 bits per heavy atom. The van der Waals surface area contributed by atoms with E-state index in [1.165, 1.54) is 0 Å². The fourth-order valence-corrected chi connectivity index (χ4v) is 1.96. The highest BCUT2D eigenvalue weighted by Gasteiger charge is 2.21. The SMILES string of the molecule is Nc1cc2c(cc1Cl)Oc1cc(Cl)c(N)cc1O2. The van der Waals surface area contributed by atoms with Crippen LogP contribution in [-0.2, 0) is 0 Å². The van der Waals surface area contributed by atoms with E-state index in [1.54, 1.807) is 24.3 Å². The lowest BCUT2D eigenvalue weighted by atomic mass is 10.2. The first kappa shape index (κ1) is 11.3. The highest BCUT2D eigenvalue weighted by Crippen LogP contribution is 2.49. The summed E-state index contributed by atoms with van der Waals surface area (Å²) in [6.45, 7) is 0. The Bertz CT molecular complexity index is 548. The third kappa shape index (κ3) is 1.70. The molecule has 2 aromatic rings. The van der Waals surface area contributed by atoms with E-state index in [-0.39, 0.29) is 0 Å². The maximum absolute atomic E-state index is 5.92. The molecule has 6 heteroatoms. The third-order valence-corrected chi connectivity index (χ3v) is 3.22. The molecule has 18 heavy (non-hydrogen) atoms. The molecule has 2 aromatic carbocycles. The molecule has 0 unspecified atom stereocenters. The summed E-state index contributed by atoms with van der Waals surface area (Å²) in [6, 6.07) is 6.40. The Balaban J connectivity index is 2.12. The van der Waals surface area contributed by atoms with Gasteiger partial charge in [-0.2, -0.15) is 0 Å². The number of hydrogen-bond acceptors (Lipinski definition) is 4. The molecule has 1 aliphatic heterocycles. The molecule has 0 saturated carbocycles. The molecular formula is C12H8Cl2N2O2. The largest absolute Gasteiger partial charge is 0.449 e. The Labute approximate surface area is 113 Å². The molecule has 4 N–H and O–H groups in total. The van der Waals surface area contributed by atoms with E-state index in [4.69, 9.17) is 44.1 Å². The first-order valence-electron chi connectivity index (χ1n) is 5.08. The van der Waals surface area contributed by atoms with Gasteiger partial charge < -0.3 is 20.9 Å². The minimum absolute atomic E-state index is 0.405. The summed E-state index contributed by atoms with van der Waals surface area (Å²) < 4.78 is 11.3. The second-order valence-electron chi connectivity index (χ2n) is 3.85. The molecule has 0 aliphatic carbocycles. The van der Waals surface area contributed by atoms with Crippen molar-refractivity contribution in [3.05, 3.63) is 34.3 Å². The smallest absolute Gasteiger partial charge is 0.172 e. The molecule has 1 aliphatic rings. The van der Waals surface area contributed by atoms with Gasteiger partial charge in [0.1, 0.15) is 0 Å². The second-order valence-corrected chi connectivity index (χ2v) is 4.66. The van der Waals surface area contributed by atoms with Crippen molar-refractivity contribution in [2.45, 2.75) is 0 Å². The summed E-state index contributed by atoms with van der Waals surface area (Å²) in [6.07, 6.45) is 0. The number of rotatable bonds is 0. The average molecular weight is 283 g/mol. The monoisotopic (exact) mass is 282 g/mol. The lowest BCUT2D eigenvalue weighted by Crippen LogP contribution is -2.01. The number of ether oxygens (including phenoxy) is 2. The van der Waals surface area contributed by atoms with Crippen LogP contribution in [0.5, 0.6) is 23.0 Å². The number of nitrogens with two attached hydrogens (primary N) is 2. The Morgan fingerprint density at radius 1 is 0.667 bits per heavy atom. The van der Waals surface area contributed by atoms with Crippen LogP contribution in [-0.4, -0.2) is 0 Å². The van der Waals surface area contributed by atoms with E-state index in [0.29, 0.717) is 44.4 Å². The zero-order valence-corrected chi connectivity index (χ0v) is 10.5. The van der Waals surface area contributed by atoms with Crippen LogP contribution in [0.3, 0.4) is 0 Å². The van der Waals surface area contributed by atoms with Crippen LogP contribution >= 0.6 is 23.2 Å². The first-order chi connectivity index (χ1) is 8.54. The molecule has 0 fully saturated rings. The quantitative estimate of drug-likeness (QED) is 0.610. The van der Waals surface area contributed by atoms with E-state index in [2.05, 4.69) is 0 Å². The summed E-state index contributed by atoms with van der Waals surface area (Å²) in [7, 11) is 0. The summed E-state index contributed by atoms with van der Waals surface area (Å²) in [5.74, 6) is 1.96. The minimum atomic E-state index is 0.405. The minimum Gasteiger partial charge on any atom is -0.449 e. The van der Waals surface area contributed by atoms with Gasteiger partial charge in [0.25, 0.3) is 0 Å². The van der Waals surface area contributed by atoms with Crippen molar-refractivity contribution in [3.8, 4) is 23.0 Å². The molecule has 4 nitrogen and oxygen atoms in total. The predicted molar refractivity (Wildman–Crippen MR) is 71.9 cm³/mol. The van der Waals surface area contributed by atoms with Gasteiger partial charge in [-0.3, -0.25) is 0 Å². The van der Waals surface area contributed by atoms with Gasteiger partial charge in [0.2, 0.25) is 0 Å². The van der Waals surface area contributed by atoms with Crippen LogP contribution < -0.4 is 20.9 Å². The van der Waals surface area contributed by atoms with E-state index >= 15 is 0 Å². The molecule has 0 saturated heterocycles. The molecule has 3 rings (SSSR count). The predicted octanol–water partition coefficient (Wildman–Crippen LogP) is 4.06.